The molecule has 16 heavy (non-hydrogen) atoms. The number of aliphatic hydroxyl groups excluding tert-OH is 1. The molecule has 90 valence electrons. The lowest BCUT2D eigenvalue weighted by molar-refractivity contribution is -0.211. The number of esters is 1. The van der Waals surface area contributed by atoms with Crippen molar-refractivity contribution in [3.8, 4) is 0 Å². The number of furan rings is 1. The van der Waals surface area contributed by atoms with E-state index in [1.807, 2.05) is 0 Å². The van der Waals surface area contributed by atoms with Gasteiger partial charge in [-0.2, -0.15) is 13.2 Å². The second kappa shape index (κ2) is 4.17. The van der Waals surface area contributed by atoms with E-state index in [1.165, 1.54) is 6.92 Å². The summed E-state index contributed by atoms with van der Waals surface area (Å²) in [5.74, 6) is -1.59. The van der Waals surface area contributed by atoms with Crippen molar-refractivity contribution in [2.24, 2.45) is 0 Å². The van der Waals surface area contributed by atoms with Crippen LogP contribution >= 0.6 is 0 Å². The molecule has 0 aliphatic heterocycles. The lowest BCUT2D eigenvalue weighted by Crippen LogP contribution is -2.19. The molecular formula is C9H9F3O4. The summed E-state index contributed by atoms with van der Waals surface area (Å²) in [7, 11) is 1.09. The van der Waals surface area contributed by atoms with Gasteiger partial charge in [0.1, 0.15) is 17.1 Å². The summed E-state index contributed by atoms with van der Waals surface area (Å²) in [6.45, 7) is 1.30. The molecule has 0 saturated carbocycles. The number of hydrogen-bond donors (Lipinski definition) is 1. The van der Waals surface area contributed by atoms with Crippen LogP contribution in [0.3, 0.4) is 0 Å². The van der Waals surface area contributed by atoms with Gasteiger partial charge in [-0.15, -0.1) is 0 Å². The molecule has 7 heteroatoms. The van der Waals surface area contributed by atoms with Crippen LogP contribution in [0, 0.1) is 6.92 Å². The molecule has 1 aromatic rings. The van der Waals surface area contributed by atoms with Crippen LogP contribution in [0.25, 0.3) is 0 Å². The van der Waals surface area contributed by atoms with Gasteiger partial charge in [0.05, 0.1) is 7.11 Å². The molecule has 1 aromatic heterocycles. The molecule has 0 amide bonds. The minimum atomic E-state index is -4.84. The van der Waals surface area contributed by atoms with Gasteiger partial charge < -0.3 is 14.3 Å². The lowest BCUT2D eigenvalue weighted by atomic mass is 10.2. The van der Waals surface area contributed by atoms with Crippen LogP contribution < -0.4 is 0 Å². The number of aryl methyl sites for hydroxylation is 1. The van der Waals surface area contributed by atoms with Crippen molar-refractivity contribution >= 4 is 5.97 Å². The molecule has 0 spiro atoms. The second-order valence-corrected chi connectivity index (χ2v) is 3.05. The highest BCUT2D eigenvalue weighted by Gasteiger charge is 2.42. The Hall–Kier alpha value is -1.50. The molecule has 0 radical (unpaired) electrons. The van der Waals surface area contributed by atoms with Gasteiger partial charge in [0.2, 0.25) is 6.10 Å². The molecular weight excluding hydrogens is 229 g/mol. The first kappa shape index (κ1) is 12.6. The molecule has 0 aliphatic rings. The number of halogens is 3. The maximum atomic E-state index is 12.1. The lowest BCUT2D eigenvalue weighted by Gasteiger charge is -2.11. The van der Waals surface area contributed by atoms with Crippen molar-refractivity contribution in [2.75, 3.05) is 7.11 Å². The van der Waals surface area contributed by atoms with E-state index in [-0.39, 0.29) is 11.3 Å². The zero-order valence-corrected chi connectivity index (χ0v) is 8.46. The fraction of sp³-hybridized carbons (Fsp3) is 0.444. The predicted molar refractivity (Wildman–Crippen MR) is 45.8 cm³/mol. The highest BCUT2D eigenvalue weighted by atomic mass is 19.4. The molecule has 0 saturated heterocycles. The Morgan fingerprint density at radius 3 is 2.56 bits per heavy atom. The molecule has 0 bridgehead atoms. The molecule has 0 fully saturated rings. The van der Waals surface area contributed by atoms with Gasteiger partial charge in [-0.3, -0.25) is 0 Å². The van der Waals surface area contributed by atoms with Crippen LogP contribution in [0.15, 0.2) is 10.5 Å². The number of hydrogen-bond acceptors (Lipinski definition) is 4. The first-order valence-corrected chi connectivity index (χ1v) is 4.20. The highest BCUT2D eigenvalue weighted by molar-refractivity contribution is 5.90. The fourth-order valence-corrected chi connectivity index (χ4v) is 1.11. The minimum absolute atomic E-state index is 0.0369. The molecule has 0 aromatic carbocycles. The molecule has 1 atom stereocenters. The number of ether oxygens (including phenoxy) is 1. The summed E-state index contributed by atoms with van der Waals surface area (Å²) in [6.07, 6.45) is -7.58. The number of carbonyl (C=O) groups excluding carboxylic acids is 1. The third kappa shape index (κ3) is 2.35. The SMILES string of the molecule is COC(=O)c1cc(C(O)C(F)(F)F)oc1C. The van der Waals surface area contributed by atoms with Crippen molar-refractivity contribution in [2.45, 2.75) is 19.2 Å². The van der Waals surface area contributed by atoms with Crippen LogP contribution in [0.2, 0.25) is 0 Å². The number of aliphatic hydroxyl groups is 1. The third-order valence-electron chi connectivity index (χ3n) is 1.92. The number of rotatable bonds is 2. The van der Waals surface area contributed by atoms with Crippen molar-refractivity contribution in [1.82, 2.24) is 0 Å². The molecule has 1 heterocycles. The van der Waals surface area contributed by atoms with E-state index in [0.717, 1.165) is 13.2 Å². The van der Waals surface area contributed by atoms with Crippen LogP contribution in [0.1, 0.15) is 28.0 Å². The third-order valence-corrected chi connectivity index (χ3v) is 1.92. The Bertz CT molecular complexity index is 394. The normalized spacial score (nSPS) is 13.6. The zero-order chi connectivity index (χ0) is 12.5. The van der Waals surface area contributed by atoms with Crippen molar-refractivity contribution in [3.63, 3.8) is 0 Å². The summed E-state index contributed by atoms with van der Waals surface area (Å²) in [5.41, 5.74) is -0.138. The Balaban J connectivity index is 3.06. The predicted octanol–water partition coefficient (Wildman–Crippen LogP) is 1.97. The van der Waals surface area contributed by atoms with Gasteiger partial charge in [0.25, 0.3) is 0 Å². The monoisotopic (exact) mass is 238 g/mol. The van der Waals surface area contributed by atoms with E-state index in [0.29, 0.717) is 0 Å². The summed E-state index contributed by atoms with van der Waals surface area (Å²) < 4.78 is 45.4. The average molecular weight is 238 g/mol. The van der Waals surface area contributed by atoms with E-state index in [4.69, 9.17) is 5.11 Å². The van der Waals surface area contributed by atoms with E-state index in [2.05, 4.69) is 9.15 Å². The maximum Gasteiger partial charge on any atom is 0.421 e. The van der Waals surface area contributed by atoms with Gasteiger partial charge in [0, 0.05) is 0 Å². The maximum absolute atomic E-state index is 12.1. The number of carbonyl (C=O) groups is 1. The molecule has 1 rings (SSSR count). The van der Waals surface area contributed by atoms with Crippen molar-refractivity contribution < 1.29 is 32.2 Å². The molecule has 1 N–H and O–H groups in total. The van der Waals surface area contributed by atoms with E-state index >= 15 is 0 Å². The van der Waals surface area contributed by atoms with Gasteiger partial charge >= 0.3 is 12.1 Å². The van der Waals surface area contributed by atoms with E-state index < -0.39 is 24.0 Å². The topological polar surface area (TPSA) is 59.7 Å². The smallest absolute Gasteiger partial charge is 0.421 e. The van der Waals surface area contributed by atoms with Crippen LogP contribution in [0.5, 0.6) is 0 Å². The first-order chi connectivity index (χ1) is 7.27. The number of alkyl halides is 3. The fourth-order valence-electron chi connectivity index (χ4n) is 1.11. The highest BCUT2D eigenvalue weighted by Crippen LogP contribution is 2.34. The van der Waals surface area contributed by atoms with Crippen LogP contribution in [0.4, 0.5) is 13.2 Å². The summed E-state index contributed by atoms with van der Waals surface area (Å²) in [4.78, 5) is 11.1. The Morgan fingerprint density at radius 2 is 2.12 bits per heavy atom. The summed E-state index contributed by atoms with van der Waals surface area (Å²) >= 11 is 0. The average Bonchev–Trinajstić information content (AvgIpc) is 2.56. The first-order valence-electron chi connectivity index (χ1n) is 4.20. The van der Waals surface area contributed by atoms with Gasteiger partial charge in [-0.25, -0.2) is 4.79 Å². The van der Waals surface area contributed by atoms with Crippen LogP contribution in [-0.2, 0) is 4.74 Å². The zero-order valence-electron chi connectivity index (χ0n) is 8.46. The summed E-state index contributed by atoms with van der Waals surface area (Å²) in [5, 5.41) is 8.88. The molecule has 4 nitrogen and oxygen atoms in total. The minimum Gasteiger partial charge on any atom is -0.465 e. The van der Waals surface area contributed by atoms with Gasteiger partial charge in [-0.05, 0) is 13.0 Å². The van der Waals surface area contributed by atoms with Gasteiger partial charge in [-0.1, -0.05) is 0 Å². The van der Waals surface area contributed by atoms with Gasteiger partial charge in [0.15, 0.2) is 0 Å². The number of methoxy groups -OCH3 is 1. The summed E-state index contributed by atoms with van der Waals surface area (Å²) in [6, 6.07) is 0.819. The second-order valence-electron chi connectivity index (χ2n) is 3.05. The van der Waals surface area contributed by atoms with E-state index in [1.54, 1.807) is 0 Å². The van der Waals surface area contributed by atoms with E-state index in [9.17, 15) is 18.0 Å². The largest absolute Gasteiger partial charge is 0.465 e. The standard InChI is InChI=1S/C9H9F3O4/c1-4-5(8(14)15-2)3-6(16-4)7(13)9(10,11)12/h3,7,13H,1-2H3. The molecule has 1 unspecified atom stereocenters. The Morgan fingerprint density at radius 1 is 1.56 bits per heavy atom. The molecule has 0 aliphatic carbocycles. The Kier molecular flexibility index (Phi) is 3.27. The Labute approximate surface area is 88.6 Å². The van der Waals surface area contributed by atoms with Crippen LogP contribution in [-0.4, -0.2) is 24.4 Å². The van der Waals surface area contributed by atoms with Crippen molar-refractivity contribution in [3.05, 3.63) is 23.2 Å². The quantitative estimate of drug-likeness (QED) is 0.800. The van der Waals surface area contributed by atoms with Crippen molar-refractivity contribution in [1.29, 1.82) is 0 Å².